The summed E-state index contributed by atoms with van der Waals surface area (Å²) in [6.07, 6.45) is -0.573. The highest BCUT2D eigenvalue weighted by atomic mass is 16.5. The number of benzene rings is 2. The van der Waals surface area contributed by atoms with E-state index in [1.54, 1.807) is 14.0 Å². The predicted octanol–water partition coefficient (Wildman–Crippen LogP) is 3.78. The van der Waals surface area contributed by atoms with Gasteiger partial charge in [-0.15, -0.1) is 0 Å². The van der Waals surface area contributed by atoms with Crippen LogP contribution in [0.1, 0.15) is 32.3 Å². The van der Waals surface area contributed by atoms with Crippen LogP contribution in [0.5, 0.6) is 17.2 Å². The summed E-state index contributed by atoms with van der Waals surface area (Å²) in [7, 11) is 1.62. The number of amides is 1. The monoisotopic (exact) mass is 357 g/mol. The van der Waals surface area contributed by atoms with E-state index >= 15 is 0 Å². The second kappa shape index (κ2) is 9.70. The zero-order chi connectivity index (χ0) is 18.9. The number of nitrogens with one attached hydrogen (secondary N) is 1. The van der Waals surface area contributed by atoms with Gasteiger partial charge in [0.1, 0.15) is 23.9 Å². The van der Waals surface area contributed by atoms with Crippen LogP contribution in [-0.4, -0.2) is 32.3 Å². The van der Waals surface area contributed by atoms with Gasteiger partial charge < -0.3 is 19.5 Å². The highest BCUT2D eigenvalue weighted by Gasteiger charge is 2.16. The molecule has 0 saturated carbocycles. The van der Waals surface area contributed by atoms with Gasteiger partial charge in [-0.3, -0.25) is 4.79 Å². The third kappa shape index (κ3) is 5.69. The number of para-hydroxylation sites is 1. The van der Waals surface area contributed by atoms with E-state index in [0.29, 0.717) is 19.1 Å². The maximum absolute atomic E-state index is 12.2. The highest BCUT2D eigenvalue weighted by molar-refractivity contribution is 5.80. The van der Waals surface area contributed by atoms with Crippen LogP contribution in [-0.2, 0) is 4.79 Å². The topological polar surface area (TPSA) is 56.8 Å². The molecule has 0 aliphatic heterocycles. The summed E-state index contributed by atoms with van der Waals surface area (Å²) < 4.78 is 16.5. The Labute approximate surface area is 155 Å². The molecule has 0 aromatic heterocycles. The van der Waals surface area contributed by atoms with Gasteiger partial charge in [-0.05, 0) is 48.7 Å². The lowest BCUT2D eigenvalue weighted by molar-refractivity contribution is -0.127. The zero-order valence-electron chi connectivity index (χ0n) is 15.8. The first kappa shape index (κ1) is 19.6. The zero-order valence-corrected chi connectivity index (χ0v) is 15.8. The number of ether oxygens (including phenoxy) is 3. The molecule has 1 N–H and O–H groups in total. The van der Waals surface area contributed by atoms with Crippen LogP contribution >= 0.6 is 0 Å². The molecule has 26 heavy (non-hydrogen) atoms. The second-order valence-electron chi connectivity index (χ2n) is 6.27. The van der Waals surface area contributed by atoms with Crippen molar-refractivity contribution in [1.29, 1.82) is 0 Å². The smallest absolute Gasteiger partial charge is 0.260 e. The Morgan fingerprint density at radius 3 is 2.31 bits per heavy atom. The van der Waals surface area contributed by atoms with Crippen LogP contribution in [0.2, 0.25) is 0 Å². The summed E-state index contributed by atoms with van der Waals surface area (Å²) in [6, 6.07) is 15.1. The summed E-state index contributed by atoms with van der Waals surface area (Å²) in [5.41, 5.74) is 1.09. The third-order valence-corrected chi connectivity index (χ3v) is 3.94. The molecule has 0 radical (unpaired) electrons. The first-order valence-electron chi connectivity index (χ1n) is 8.81. The third-order valence-electron chi connectivity index (χ3n) is 3.94. The molecule has 0 heterocycles. The van der Waals surface area contributed by atoms with Crippen LogP contribution in [0.4, 0.5) is 0 Å². The van der Waals surface area contributed by atoms with Gasteiger partial charge in [0.25, 0.3) is 5.91 Å². The molecule has 1 unspecified atom stereocenters. The van der Waals surface area contributed by atoms with Gasteiger partial charge in [0.2, 0.25) is 0 Å². The van der Waals surface area contributed by atoms with Crippen molar-refractivity contribution in [3.05, 3.63) is 54.1 Å². The van der Waals surface area contributed by atoms with Gasteiger partial charge in [0.15, 0.2) is 6.10 Å². The molecule has 5 heteroatoms. The van der Waals surface area contributed by atoms with E-state index in [1.165, 1.54) is 0 Å². The number of rotatable bonds is 9. The quantitative estimate of drug-likeness (QED) is 0.694. The predicted molar refractivity (Wildman–Crippen MR) is 102 cm³/mol. The Hall–Kier alpha value is -2.69. The van der Waals surface area contributed by atoms with Crippen molar-refractivity contribution in [2.24, 2.45) is 0 Å². The molecule has 2 rings (SSSR count). The van der Waals surface area contributed by atoms with Gasteiger partial charge in [0, 0.05) is 0 Å². The molecule has 5 nitrogen and oxygen atoms in total. The number of hydrogen-bond donors (Lipinski definition) is 1. The molecule has 0 fully saturated rings. The number of carbonyl (C=O) groups excluding carboxylic acids is 1. The van der Waals surface area contributed by atoms with Crippen molar-refractivity contribution in [3.63, 3.8) is 0 Å². The summed E-state index contributed by atoms with van der Waals surface area (Å²) in [6.45, 7) is 6.74. The Balaban J connectivity index is 1.76. The van der Waals surface area contributed by atoms with Gasteiger partial charge in [0.05, 0.1) is 13.7 Å². The Morgan fingerprint density at radius 1 is 1.00 bits per heavy atom. The van der Waals surface area contributed by atoms with E-state index in [2.05, 4.69) is 19.2 Å². The van der Waals surface area contributed by atoms with Gasteiger partial charge >= 0.3 is 0 Å². The van der Waals surface area contributed by atoms with Gasteiger partial charge in [-0.2, -0.15) is 0 Å². The summed E-state index contributed by atoms with van der Waals surface area (Å²) in [4.78, 5) is 12.2. The van der Waals surface area contributed by atoms with Gasteiger partial charge in [-0.25, -0.2) is 0 Å². The fourth-order valence-corrected chi connectivity index (χ4v) is 2.47. The number of methoxy groups -OCH3 is 1. The molecule has 2 aromatic carbocycles. The van der Waals surface area contributed by atoms with E-state index in [1.807, 2.05) is 48.5 Å². The fraction of sp³-hybridized carbons (Fsp3) is 0.381. The molecule has 1 atom stereocenters. The second-order valence-corrected chi connectivity index (χ2v) is 6.27. The van der Waals surface area contributed by atoms with E-state index in [4.69, 9.17) is 14.2 Å². The molecule has 0 saturated heterocycles. The van der Waals surface area contributed by atoms with Crippen molar-refractivity contribution < 1.29 is 19.0 Å². The van der Waals surface area contributed by atoms with Crippen LogP contribution < -0.4 is 19.5 Å². The maximum Gasteiger partial charge on any atom is 0.260 e. The van der Waals surface area contributed by atoms with E-state index in [0.717, 1.165) is 22.8 Å². The SMILES string of the molecule is COc1ccc(OCCNC(=O)C(C)Oc2ccccc2C(C)C)cc1. The van der Waals surface area contributed by atoms with E-state index in [-0.39, 0.29) is 5.91 Å². The van der Waals surface area contributed by atoms with Crippen LogP contribution in [0.25, 0.3) is 0 Å². The van der Waals surface area contributed by atoms with Crippen molar-refractivity contribution >= 4 is 5.91 Å². The Morgan fingerprint density at radius 2 is 1.65 bits per heavy atom. The molecule has 140 valence electrons. The van der Waals surface area contributed by atoms with Crippen molar-refractivity contribution in [2.45, 2.75) is 32.8 Å². The molecular formula is C21H27NO4. The molecule has 1 amide bonds. The number of hydrogen-bond acceptors (Lipinski definition) is 4. The molecule has 0 aliphatic rings. The van der Waals surface area contributed by atoms with E-state index in [9.17, 15) is 4.79 Å². The first-order chi connectivity index (χ1) is 12.5. The fourth-order valence-electron chi connectivity index (χ4n) is 2.47. The summed E-state index contributed by atoms with van der Waals surface area (Å²) in [5, 5.41) is 2.83. The minimum atomic E-state index is -0.573. The van der Waals surface area contributed by atoms with Crippen molar-refractivity contribution in [3.8, 4) is 17.2 Å². The normalized spacial score (nSPS) is 11.7. The van der Waals surface area contributed by atoms with Crippen LogP contribution in [0.15, 0.2) is 48.5 Å². The lowest BCUT2D eigenvalue weighted by atomic mass is 10.0. The minimum absolute atomic E-state index is 0.165. The highest BCUT2D eigenvalue weighted by Crippen LogP contribution is 2.26. The molecular weight excluding hydrogens is 330 g/mol. The lowest BCUT2D eigenvalue weighted by Gasteiger charge is -2.18. The molecule has 0 aliphatic carbocycles. The molecule has 0 bridgehead atoms. The molecule has 0 spiro atoms. The lowest BCUT2D eigenvalue weighted by Crippen LogP contribution is -2.38. The van der Waals surface area contributed by atoms with Crippen molar-refractivity contribution in [1.82, 2.24) is 5.32 Å². The average molecular weight is 357 g/mol. The average Bonchev–Trinajstić information content (AvgIpc) is 2.65. The number of carbonyl (C=O) groups is 1. The molecule has 2 aromatic rings. The van der Waals surface area contributed by atoms with Crippen molar-refractivity contribution in [2.75, 3.05) is 20.3 Å². The Bertz CT molecular complexity index is 697. The largest absolute Gasteiger partial charge is 0.497 e. The minimum Gasteiger partial charge on any atom is -0.497 e. The van der Waals surface area contributed by atoms with Gasteiger partial charge in [-0.1, -0.05) is 32.0 Å². The maximum atomic E-state index is 12.2. The Kier molecular flexibility index (Phi) is 7.33. The van der Waals surface area contributed by atoms with E-state index < -0.39 is 6.10 Å². The summed E-state index contributed by atoms with van der Waals surface area (Å²) >= 11 is 0. The summed E-state index contributed by atoms with van der Waals surface area (Å²) in [5.74, 6) is 2.43. The first-order valence-corrected chi connectivity index (χ1v) is 8.81. The standard InChI is InChI=1S/C21H27NO4/c1-15(2)19-7-5-6-8-20(19)26-16(3)21(23)22-13-14-25-18-11-9-17(24-4)10-12-18/h5-12,15-16H,13-14H2,1-4H3,(H,22,23). The van der Waals surface area contributed by atoms with Crippen LogP contribution in [0, 0.1) is 0 Å². The van der Waals surface area contributed by atoms with Crippen LogP contribution in [0.3, 0.4) is 0 Å².